The molecule has 0 fully saturated rings. The molecule has 1 aromatic heterocycles. The molecule has 0 aliphatic rings. The van der Waals surface area contributed by atoms with E-state index in [-0.39, 0.29) is 5.25 Å². The van der Waals surface area contributed by atoms with Gasteiger partial charge in [0.2, 0.25) is 0 Å². The Balaban J connectivity index is 2.83. The highest BCUT2D eigenvalue weighted by Gasteiger charge is 2.12. The standard InChI is InChI=1S/C11H21N5OS/c1-4-5-9-10(13-6-8(2)18(3)17)14-7-15-11(9)16-12/h7-8H,4-6,12H2,1-3H3,(H2,13,14,15,16). The first-order valence-electron chi connectivity index (χ1n) is 5.96. The van der Waals surface area contributed by atoms with Gasteiger partial charge < -0.3 is 10.7 Å². The molecule has 0 spiro atoms. The fraction of sp³-hybridized carbons (Fsp3) is 0.636. The van der Waals surface area contributed by atoms with Crippen LogP contribution in [0.4, 0.5) is 11.6 Å². The maximum atomic E-state index is 11.3. The lowest BCUT2D eigenvalue weighted by Crippen LogP contribution is -2.22. The summed E-state index contributed by atoms with van der Waals surface area (Å²) in [5, 5.41) is 3.29. The van der Waals surface area contributed by atoms with E-state index in [0.29, 0.717) is 12.4 Å². The van der Waals surface area contributed by atoms with Gasteiger partial charge in [0.05, 0.1) is 0 Å². The Morgan fingerprint density at radius 3 is 2.67 bits per heavy atom. The summed E-state index contributed by atoms with van der Waals surface area (Å²) in [6.45, 7) is 4.63. The topological polar surface area (TPSA) is 92.9 Å². The molecule has 0 aromatic carbocycles. The van der Waals surface area contributed by atoms with Gasteiger partial charge in [-0.2, -0.15) is 0 Å². The molecule has 0 saturated carbocycles. The Morgan fingerprint density at radius 1 is 1.44 bits per heavy atom. The predicted octanol–water partition coefficient (Wildman–Crippen LogP) is 0.894. The molecule has 0 bridgehead atoms. The van der Waals surface area contributed by atoms with Gasteiger partial charge in [-0.05, 0) is 13.3 Å². The van der Waals surface area contributed by atoms with Crippen molar-refractivity contribution < 1.29 is 4.21 Å². The molecule has 1 heterocycles. The Labute approximate surface area is 110 Å². The maximum Gasteiger partial charge on any atom is 0.148 e. The van der Waals surface area contributed by atoms with E-state index in [1.807, 2.05) is 6.92 Å². The van der Waals surface area contributed by atoms with Gasteiger partial charge in [-0.3, -0.25) is 4.21 Å². The average Bonchev–Trinajstić information content (AvgIpc) is 2.37. The molecule has 1 rings (SSSR count). The smallest absolute Gasteiger partial charge is 0.148 e. The van der Waals surface area contributed by atoms with E-state index < -0.39 is 10.8 Å². The summed E-state index contributed by atoms with van der Waals surface area (Å²) in [4.78, 5) is 8.31. The number of anilines is 2. The SMILES string of the molecule is CCCc1c(NN)ncnc1NCC(C)S(C)=O. The number of nitrogens with zero attached hydrogens (tertiary/aromatic N) is 2. The van der Waals surface area contributed by atoms with Crippen LogP contribution in [0.2, 0.25) is 0 Å². The Morgan fingerprint density at radius 2 is 2.11 bits per heavy atom. The number of nitrogens with one attached hydrogen (secondary N) is 2. The monoisotopic (exact) mass is 271 g/mol. The van der Waals surface area contributed by atoms with Crippen LogP contribution in [0.15, 0.2) is 6.33 Å². The molecule has 1 aromatic rings. The van der Waals surface area contributed by atoms with Crippen molar-refractivity contribution in [2.45, 2.75) is 31.9 Å². The van der Waals surface area contributed by atoms with Crippen LogP contribution in [0.3, 0.4) is 0 Å². The lowest BCUT2D eigenvalue weighted by molar-refractivity contribution is 0.678. The van der Waals surface area contributed by atoms with Crippen molar-refractivity contribution in [3.05, 3.63) is 11.9 Å². The molecule has 2 unspecified atom stereocenters. The third kappa shape index (κ3) is 3.92. The van der Waals surface area contributed by atoms with Crippen LogP contribution in [0.25, 0.3) is 0 Å². The first-order chi connectivity index (χ1) is 8.60. The predicted molar refractivity (Wildman–Crippen MR) is 75.9 cm³/mol. The van der Waals surface area contributed by atoms with Gasteiger partial charge in [0.1, 0.15) is 18.0 Å². The van der Waals surface area contributed by atoms with Crippen molar-refractivity contribution in [3.8, 4) is 0 Å². The lowest BCUT2D eigenvalue weighted by Gasteiger charge is -2.15. The number of hydrazine groups is 1. The molecule has 4 N–H and O–H groups in total. The van der Waals surface area contributed by atoms with Crippen molar-refractivity contribution in [1.29, 1.82) is 0 Å². The van der Waals surface area contributed by atoms with Crippen LogP contribution in [-0.4, -0.2) is 32.2 Å². The number of nitrogens with two attached hydrogens (primary N) is 1. The van der Waals surface area contributed by atoms with Crippen molar-refractivity contribution >= 4 is 22.4 Å². The fourth-order valence-electron chi connectivity index (χ4n) is 1.53. The highest BCUT2D eigenvalue weighted by atomic mass is 32.2. The second kappa shape index (κ2) is 7.27. The van der Waals surface area contributed by atoms with Gasteiger partial charge in [-0.1, -0.05) is 13.3 Å². The normalized spacial score (nSPS) is 14.0. The molecule has 6 nitrogen and oxygen atoms in total. The molecule has 0 aliphatic heterocycles. The summed E-state index contributed by atoms with van der Waals surface area (Å²) in [5.74, 6) is 6.84. The number of hydrogen-bond acceptors (Lipinski definition) is 6. The van der Waals surface area contributed by atoms with Gasteiger partial charge in [0.25, 0.3) is 0 Å². The number of aromatic nitrogens is 2. The van der Waals surface area contributed by atoms with E-state index in [9.17, 15) is 4.21 Å². The van der Waals surface area contributed by atoms with Crippen LogP contribution in [0, 0.1) is 0 Å². The van der Waals surface area contributed by atoms with Crippen molar-refractivity contribution in [2.75, 3.05) is 23.5 Å². The summed E-state index contributed by atoms with van der Waals surface area (Å²) in [7, 11) is -0.848. The molecule has 18 heavy (non-hydrogen) atoms. The van der Waals surface area contributed by atoms with Crippen molar-refractivity contribution in [1.82, 2.24) is 9.97 Å². The quantitative estimate of drug-likeness (QED) is 0.504. The van der Waals surface area contributed by atoms with Gasteiger partial charge >= 0.3 is 0 Å². The van der Waals surface area contributed by atoms with Crippen LogP contribution in [0.5, 0.6) is 0 Å². The third-order valence-corrected chi connectivity index (χ3v) is 4.01. The minimum absolute atomic E-state index is 0.0729. The average molecular weight is 271 g/mol. The molecule has 0 amide bonds. The lowest BCUT2D eigenvalue weighted by atomic mass is 10.1. The molecule has 102 valence electrons. The molecular formula is C11H21N5OS. The highest BCUT2D eigenvalue weighted by molar-refractivity contribution is 7.84. The zero-order valence-corrected chi connectivity index (χ0v) is 11.9. The van der Waals surface area contributed by atoms with Crippen LogP contribution in [0.1, 0.15) is 25.8 Å². The zero-order chi connectivity index (χ0) is 13.5. The molecular weight excluding hydrogens is 250 g/mol. The molecule has 2 atom stereocenters. The summed E-state index contributed by atoms with van der Waals surface area (Å²) < 4.78 is 11.3. The fourth-order valence-corrected chi connectivity index (χ4v) is 1.85. The van der Waals surface area contributed by atoms with E-state index >= 15 is 0 Å². The van der Waals surface area contributed by atoms with Gasteiger partial charge in [-0.15, -0.1) is 0 Å². The van der Waals surface area contributed by atoms with Crippen molar-refractivity contribution in [3.63, 3.8) is 0 Å². The molecule has 7 heteroatoms. The zero-order valence-electron chi connectivity index (χ0n) is 11.1. The van der Waals surface area contributed by atoms with E-state index in [1.165, 1.54) is 6.33 Å². The molecule has 0 radical (unpaired) electrons. The second-order valence-electron chi connectivity index (χ2n) is 4.13. The minimum atomic E-state index is -0.848. The first-order valence-corrected chi connectivity index (χ1v) is 7.58. The van der Waals surface area contributed by atoms with E-state index in [2.05, 4.69) is 27.6 Å². The Kier molecular flexibility index (Phi) is 6.00. The van der Waals surface area contributed by atoms with E-state index in [0.717, 1.165) is 24.2 Å². The number of rotatable bonds is 7. The van der Waals surface area contributed by atoms with Gasteiger partial charge in [0, 0.05) is 34.4 Å². The molecule has 0 saturated heterocycles. The number of hydrogen-bond donors (Lipinski definition) is 3. The van der Waals surface area contributed by atoms with Crippen molar-refractivity contribution in [2.24, 2.45) is 5.84 Å². The highest BCUT2D eigenvalue weighted by Crippen LogP contribution is 2.20. The Hall–Kier alpha value is -1.21. The first kappa shape index (κ1) is 14.8. The summed E-state index contributed by atoms with van der Waals surface area (Å²) in [6.07, 6.45) is 4.98. The van der Waals surface area contributed by atoms with Crippen LogP contribution >= 0.6 is 0 Å². The van der Waals surface area contributed by atoms with Gasteiger partial charge in [0.15, 0.2) is 0 Å². The minimum Gasteiger partial charge on any atom is -0.368 e. The van der Waals surface area contributed by atoms with E-state index in [1.54, 1.807) is 6.26 Å². The molecule has 0 aliphatic carbocycles. The third-order valence-electron chi connectivity index (χ3n) is 2.71. The Bertz CT molecular complexity index is 412. The largest absolute Gasteiger partial charge is 0.368 e. The summed E-state index contributed by atoms with van der Waals surface area (Å²) in [5.41, 5.74) is 3.55. The second-order valence-corrected chi connectivity index (χ2v) is 5.94. The van der Waals surface area contributed by atoms with Gasteiger partial charge in [-0.25, -0.2) is 15.8 Å². The number of nitrogen functional groups attached to an aromatic ring is 1. The maximum absolute atomic E-state index is 11.3. The van der Waals surface area contributed by atoms with E-state index in [4.69, 9.17) is 5.84 Å². The van der Waals surface area contributed by atoms with Crippen LogP contribution < -0.4 is 16.6 Å². The summed E-state index contributed by atoms with van der Waals surface area (Å²) >= 11 is 0. The summed E-state index contributed by atoms with van der Waals surface area (Å²) in [6, 6.07) is 0. The van der Waals surface area contributed by atoms with Crippen LogP contribution in [-0.2, 0) is 17.2 Å².